The van der Waals surface area contributed by atoms with Crippen molar-refractivity contribution in [3.05, 3.63) is 0 Å². The standard InChI is InChI=1S/C25H46/c1-2-3-4-5-7-10-21-13-15-23(16-14-21)25-19-17-24(18-20-25)22-11-8-6-9-12-22/h21-25H,2-20H2,1H3/t21-,23-,24?,25?. The Morgan fingerprint density at radius 2 is 0.960 bits per heavy atom. The van der Waals surface area contributed by atoms with Crippen molar-refractivity contribution in [2.24, 2.45) is 29.6 Å². The average molecular weight is 347 g/mol. The molecule has 3 saturated carbocycles. The van der Waals surface area contributed by atoms with E-state index in [4.69, 9.17) is 0 Å². The molecule has 0 nitrogen and oxygen atoms in total. The van der Waals surface area contributed by atoms with Gasteiger partial charge in [-0.2, -0.15) is 0 Å². The fraction of sp³-hybridized carbons (Fsp3) is 1.00. The first-order valence-electron chi connectivity index (χ1n) is 12.4. The van der Waals surface area contributed by atoms with E-state index >= 15 is 0 Å². The molecule has 3 rings (SSSR count). The fourth-order valence-electron chi connectivity index (χ4n) is 6.68. The molecular formula is C25H46. The van der Waals surface area contributed by atoms with E-state index in [0.29, 0.717) is 0 Å². The quantitative estimate of drug-likeness (QED) is 0.386. The summed E-state index contributed by atoms with van der Waals surface area (Å²) in [6.45, 7) is 2.32. The summed E-state index contributed by atoms with van der Waals surface area (Å²) in [7, 11) is 0. The van der Waals surface area contributed by atoms with Crippen LogP contribution in [0.5, 0.6) is 0 Å². The van der Waals surface area contributed by atoms with Gasteiger partial charge in [-0.25, -0.2) is 0 Å². The lowest BCUT2D eigenvalue weighted by atomic mass is 9.65. The highest BCUT2D eigenvalue weighted by Crippen LogP contribution is 2.45. The van der Waals surface area contributed by atoms with Crippen LogP contribution < -0.4 is 0 Å². The van der Waals surface area contributed by atoms with Crippen LogP contribution in [-0.2, 0) is 0 Å². The lowest BCUT2D eigenvalue weighted by molar-refractivity contribution is 0.111. The Morgan fingerprint density at radius 3 is 1.52 bits per heavy atom. The van der Waals surface area contributed by atoms with Crippen LogP contribution in [0.4, 0.5) is 0 Å². The molecule has 0 heteroatoms. The molecule has 146 valence electrons. The van der Waals surface area contributed by atoms with Gasteiger partial charge in [0.2, 0.25) is 0 Å². The van der Waals surface area contributed by atoms with E-state index < -0.39 is 0 Å². The van der Waals surface area contributed by atoms with Gasteiger partial charge in [-0.15, -0.1) is 0 Å². The Kier molecular flexibility index (Phi) is 8.68. The summed E-state index contributed by atoms with van der Waals surface area (Å²) in [5.74, 6) is 5.57. The molecular weight excluding hydrogens is 300 g/mol. The van der Waals surface area contributed by atoms with E-state index in [1.807, 2.05) is 0 Å². The molecule has 0 bridgehead atoms. The summed E-state index contributed by atoms with van der Waals surface area (Å²) in [5.41, 5.74) is 0. The third-order valence-corrected chi connectivity index (χ3v) is 8.41. The van der Waals surface area contributed by atoms with E-state index in [9.17, 15) is 0 Å². The van der Waals surface area contributed by atoms with Crippen molar-refractivity contribution in [3.63, 3.8) is 0 Å². The minimum Gasteiger partial charge on any atom is -0.0654 e. The van der Waals surface area contributed by atoms with Crippen molar-refractivity contribution >= 4 is 0 Å². The van der Waals surface area contributed by atoms with Gasteiger partial charge in [-0.3, -0.25) is 0 Å². The highest BCUT2D eigenvalue weighted by Gasteiger charge is 2.33. The summed E-state index contributed by atoms with van der Waals surface area (Å²) in [4.78, 5) is 0. The second kappa shape index (κ2) is 11.0. The van der Waals surface area contributed by atoms with Gasteiger partial charge in [-0.05, 0) is 68.1 Å². The van der Waals surface area contributed by atoms with Gasteiger partial charge in [0.15, 0.2) is 0 Å². The van der Waals surface area contributed by atoms with Crippen LogP contribution in [0.25, 0.3) is 0 Å². The first-order valence-corrected chi connectivity index (χ1v) is 12.4. The van der Waals surface area contributed by atoms with Crippen LogP contribution >= 0.6 is 0 Å². The smallest absolute Gasteiger partial charge is 0.0386 e. The number of hydrogen-bond donors (Lipinski definition) is 0. The molecule has 0 aromatic rings. The Bertz CT molecular complexity index is 324. The third-order valence-electron chi connectivity index (χ3n) is 8.41. The van der Waals surface area contributed by atoms with Crippen LogP contribution in [0.15, 0.2) is 0 Å². The largest absolute Gasteiger partial charge is 0.0654 e. The van der Waals surface area contributed by atoms with Gasteiger partial charge in [0.05, 0.1) is 0 Å². The molecule has 25 heavy (non-hydrogen) atoms. The number of hydrogen-bond acceptors (Lipinski definition) is 0. The molecule has 0 spiro atoms. The van der Waals surface area contributed by atoms with Crippen molar-refractivity contribution in [2.75, 3.05) is 0 Å². The molecule has 0 aromatic carbocycles. The topological polar surface area (TPSA) is 0 Å². The van der Waals surface area contributed by atoms with Crippen LogP contribution in [0, 0.1) is 29.6 Å². The van der Waals surface area contributed by atoms with Crippen molar-refractivity contribution in [1.82, 2.24) is 0 Å². The molecule has 3 aliphatic rings. The van der Waals surface area contributed by atoms with Gasteiger partial charge in [-0.1, -0.05) is 90.4 Å². The monoisotopic (exact) mass is 346 g/mol. The summed E-state index contributed by atoms with van der Waals surface area (Å²) >= 11 is 0. The predicted octanol–water partition coefficient (Wildman–Crippen LogP) is 8.54. The minimum atomic E-state index is 1.09. The van der Waals surface area contributed by atoms with Crippen LogP contribution in [0.2, 0.25) is 0 Å². The summed E-state index contributed by atoms with van der Waals surface area (Å²) in [6.07, 6.45) is 29.3. The molecule has 0 saturated heterocycles. The predicted molar refractivity (Wildman–Crippen MR) is 111 cm³/mol. The van der Waals surface area contributed by atoms with E-state index in [1.165, 1.54) is 51.4 Å². The van der Waals surface area contributed by atoms with Crippen LogP contribution in [0.3, 0.4) is 0 Å². The molecule has 0 amide bonds. The Labute approximate surface area is 158 Å². The SMILES string of the molecule is CCCCCCC[C@H]1CC[C@H](C2CCC(C3CCCCC3)CC2)CC1. The van der Waals surface area contributed by atoms with Gasteiger partial charge in [0, 0.05) is 0 Å². The van der Waals surface area contributed by atoms with Crippen LogP contribution in [-0.4, -0.2) is 0 Å². The summed E-state index contributed by atoms with van der Waals surface area (Å²) in [5, 5.41) is 0. The fourth-order valence-corrected chi connectivity index (χ4v) is 6.68. The van der Waals surface area contributed by atoms with Crippen molar-refractivity contribution in [2.45, 2.75) is 129 Å². The van der Waals surface area contributed by atoms with Gasteiger partial charge in [0.1, 0.15) is 0 Å². The van der Waals surface area contributed by atoms with E-state index in [-0.39, 0.29) is 0 Å². The van der Waals surface area contributed by atoms with Gasteiger partial charge in [0.25, 0.3) is 0 Å². The molecule has 0 heterocycles. The number of unbranched alkanes of at least 4 members (excludes halogenated alkanes) is 4. The minimum absolute atomic E-state index is 1.09. The normalized spacial score (nSPS) is 34.9. The zero-order valence-corrected chi connectivity index (χ0v) is 17.3. The second-order valence-electron chi connectivity index (χ2n) is 10.1. The Morgan fingerprint density at radius 1 is 0.480 bits per heavy atom. The zero-order chi connectivity index (χ0) is 17.3. The van der Waals surface area contributed by atoms with Crippen molar-refractivity contribution < 1.29 is 0 Å². The Balaban J connectivity index is 1.28. The third kappa shape index (κ3) is 6.28. The molecule has 0 radical (unpaired) electrons. The van der Waals surface area contributed by atoms with Crippen molar-refractivity contribution in [3.8, 4) is 0 Å². The molecule has 0 atom stereocenters. The van der Waals surface area contributed by atoms with Crippen molar-refractivity contribution in [1.29, 1.82) is 0 Å². The maximum atomic E-state index is 2.32. The lowest BCUT2D eigenvalue weighted by Gasteiger charge is -2.40. The lowest BCUT2D eigenvalue weighted by Crippen LogP contribution is -2.29. The molecule has 0 unspecified atom stereocenters. The molecule has 0 aromatic heterocycles. The molecule has 3 aliphatic carbocycles. The van der Waals surface area contributed by atoms with Gasteiger partial charge >= 0.3 is 0 Å². The first-order chi connectivity index (χ1) is 12.4. The maximum absolute atomic E-state index is 2.32. The van der Waals surface area contributed by atoms with Crippen LogP contribution in [0.1, 0.15) is 129 Å². The highest BCUT2D eigenvalue weighted by molar-refractivity contribution is 4.84. The summed E-state index contributed by atoms with van der Waals surface area (Å²) < 4.78 is 0. The van der Waals surface area contributed by atoms with E-state index in [1.54, 1.807) is 70.6 Å². The van der Waals surface area contributed by atoms with E-state index in [2.05, 4.69) is 6.92 Å². The first kappa shape index (κ1) is 19.8. The Hall–Kier alpha value is 0. The molecule has 3 fully saturated rings. The average Bonchev–Trinajstić information content (AvgIpc) is 2.69. The second-order valence-corrected chi connectivity index (χ2v) is 10.1. The number of rotatable bonds is 8. The van der Waals surface area contributed by atoms with Gasteiger partial charge < -0.3 is 0 Å². The molecule has 0 N–H and O–H groups in total. The van der Waals surface area contributed by atoms with E-state index in [0.717, 1.165) is 29.6 Å². The maximum Gasteiger partial charge on any atom is -0.0386 e. The molecule has 0 aliphatic heterocycles. The zero-order valence-electron chi connectivity index (χ0n) is 17.3. The highest BCUT2D eigenvalue weighted by atomic mass is 14.4. The summed E-state index contributed by atoms with van der Waals surface area (Å²) in [6, 6.07) is 0.